The van der Waals surface area contributed by atoms with Crippen LogP contribution >= 0.6 is 0 Å². The zero-order chi connectivity index (χ0) is 15.9. The van der Waals surface area contributed by atoms with Crippen molar-refractivity contribution in [2.24, 2.45) is 0 Å². The third-order valence-corrected chi connectivity index (χ3v) is 2.53. The van der Waals surface area contributed by atoms with Gasteiger partial charge >= 0.3 is 6.09 Å². The van der Waals surface area contributed by atoms with E-state index in [1.807, 2.05) is 0 Å². The van der Waals surface area contributed by atoms with E-state index < -0.39 is 23.6 Å². The maximum Gasteiger partial charge on any atom is 0.410 e. The molecule has 1 N–H and O–H groups in total. The molecule has 1 aromatic rings. The van der Waals surface area contributed by atoms with Gasteiger partial charge in [0.1, 0.15) is 11.4 Å². The fraction of sp³-hybridized carbons (Fsp3) is 0.538. The molecule has 0 radical (unpaired) electrons. The molecule has 1 aromatic heterocycles. The molecule has 0 aliphatic carbocycles. The highest BCUT2D eigenvalue weighted by Crippen LogP contribution is 2.29. The second kappa shape index (κ2) is 4.48. The number of carbonyl (C=O) groups excluding carboxylic acids is 1. The van der Waals surface area contributed by atoms with Crippen LogP contribution in [0.1, 0.15) is 36.4 Å². The van der Waals surface area contributed by atoms with Crippen molar-refractivity contribution < 1.29 is 18.8 Å². The van der Waals surface area contributed by atoms with Gasteiger partial charge in [0.25, 0.3) is 0 Å². The molecule has 0 atom stereocenters. The molecule has 2 rings (SSSR count). The minimum Gasteiger partial charge on any atom is -0.506 e. The van der Waals surface area contributed by atoms with E-state index in [2.05, 4.69) is 4.98 Å². The van der Waals surface area contributed by atoms with E-state index in [0.29, 0.717) is 13.1 Å². The Balaban J connectivity index is 2.09. The van der Waals surface area contributed by atoms with E-state index in [0.717, 1.165) is 0 Å². The Morgan fingerprint density at radius 3 is 2.83 bits per heavy atom. The van der Waals surface area contributed by atoms with E-state index in [9.17, 15) is 9.90 Å². The van der Waals surface area contributed by atoms with Crippen molar-refractivity contribution in [1.29, 1.82) is 0 Å². The summed E-state index contributed by atoms with van der Waals surface area (Å²) in [5, 5.41) is 9.58. The van der Waals surface area contributed by atoms with Crippen LogP contribution < -0.4 is 0 Å². The number of rotatable bonds is 1. The van der Waals surface area contributed by atoms with E-state index in [4.69, 9.17) is 8.85 Å². The molecule has 0 saturated carbocycles. The lowest BCUT2D eigenvalue weighted by Crippen LogP contribution is -2.50. The minimum atomic E-state index is -0.573. The van der Waals surface area contributed by atoms with E-state index in [-0.39, 0.29) is 23.7 Å². The first-order valence-corrected chi connectivity index (χ1v) is 5.74. The van der Waals surface area contributed by atoms with Gasteiger partial charge in [0, 0.05) is 25.2 Å². The summed E-state index contributed by atoms with van der Waals surface area (Å²) in [5.41, 5.74) is -0.306. The lowest BCUT2D eigenvalue weighted by Gasteiger charge is -2.39. The summed E-state index contributed by atoms with van der Waals surface area (Å²) in [6, 6.07) is -0.256. The van der Waals surface area contributed by atoms with Crippen molar-refractivity contribution in [1.82, 2.24) is 9.88 Å². The Labute approximate surface area is 111 Å². The third kappa shape index (κ3) is 2.91. The first-order chi connectivity index (χ1) is 9.60. The predicted molar refractivity (Wildman–Crippen MR) is 66.4 cm³/mol. The van der Waals surface area contributed by atoms with Crippen molar-refractivity contribution in [2.75, 3.05) is 13.1 Å². The number of ether oxygens (including phenoxy) is 1. The normalized spacial score (nSPS) is 18.6. The number of aromatic hydroxyl groups is 1. The second-order valence-corrected chi connectivity index (χ2v) is 5.30. The molecule has 2 heterocycles. The van der Waals surface area contributed by atoms with Crippen molar-refractivity contribution in [3.8, 4) is 5.75 Å². The van der Waals surface area contributed by atoms with Crippen LogP contribution in [0.25, 0.3) is 0 Å². The number of likely N-dealkylation sites (tertiary alicyclic amines) is 1. The number of carbonyl (C=O) groups is 1. The van der Waals surface area contributed by atoms with Gasteiger partial charge in [-0.3, -0.25) is 4.98 Å². The first kappa shape index (κ1) is 9.19. The molecule has 0 aromatic carbocycles. The average Bonchev–Trinajstić information content (AvgIpc) is 2.26. The largest absolute Gasteiger partial charge is 0.506 e. The maximum atomic E-state index is 11.8. The molecule has 1 aliphatic heterocycles. The van der Waals surface area contributed by atoms with Gasteiger partial charge in [0.05, 0.1) is 10.3 Å². The Hall–Kier alpha value is -1.78. The van der Waals surface area contributed by atoms with Gasteiger partial charge in [0.15, 0.2) is 0 Å². The number of hydrogen-bond donors (Lipinski definition) is 1. The fourth-order valence-electron chi connectivity index (χ4n) is 1.65. The van der Waals surface area contributed by atoms with Crippen molar-refractivity contribution in [2.45, 2.75) is 32.3 Å². The topological polar surface area (TPSA) is 62.7 Å². The summed E-state index contributed by atoms with van der Waals surface area (Å²) in [7, 11) is 0. The minimum absolute atomic E-state index is 0.198. The van der Waals surface area contributed by atoms with Crippen LogP contribution in [0, 0.1) is 0 Å². The van der Waals surface area contributed by atoms with Crippen LogP contribution in [0.4, 0.5) is 4.79 Å². The van der Waals surface area contributed by atoms with Crippen molar-refractivity contribution in [3.05, 3.63) is 24.0 Å². The van der Waals surface area contributed by atoms with Crippen LogP contribution in [-0.4, -0.2) is 39.8 Å². The SMILES string of the molecule is [2H]c1nc([2H])c(C2CN(C(=O)OC(C)(C)C)C2)c([2H])c1O. The molecule has 0 unspecified atom stereocenters. The van der Waals surface area contributed by atoms with Gasteiger partial charge < -0.3 is 14.7 Å². The Bertz CT molecular complexity index is 581. The molecule has 1 fully saturated rings. The first-order valence-electron chi connectivity index (χ1n) is 7.24. The van der Waals surface area contributed by atoms with Crippen molar-refractivity contribution in [3.63, 3.8) is 0 Å². The zero-order valence-electron chi connectivity index (χ0n) is 13.6. The zero-order valence-corrected chi connectivity index (χ0v) is 10.6. The van der Waals surface area contributed by atoms with E-state index >= 15 is 0 Å². The smallest absolute Gasteiger partial charge is 0.410 e. The number of hydrogen-bond acceptors (Lipinski definition) is 4. The van der Waals surface area contributed by atoms with Crippen LogP contribution in [0.2, 0.25) is 0 Å². The van der Waals surface area contributed by atoms with Crippen LogP contribution in [-0.2, 0) is 4.74 Å². The highest BCUT2D eigenvalue weighted by atomic mass is 16.6. The molecule has 18 heavy (non-hydrogen) atoms. The highest BCUT2D eigenvalue weighted by molar-refractivity contribution is 5.69. The molecule has 0 bridgehead atoms. The molecular formula is C13H18N2O3. The predicted octanol–water partition coefficient (Wildman–Crippen LogP) is 2.12. The van der Waals surface area contributed by atoms with Crippen LogP contribution in [0.15, 0.2) is 18.4 Å². The summed E-state index contributed by atoms with van der Waals surface area (Å²) < 4.78 is 28.1. The summed E-state index contributed by atoms with van der Waals surface area (Å²) in [5.74, 6) is -0.770. The summed E-state index contributed by atoms with van der Waals surface area (Å²) in [6.07, 6.45) is -1.11. The number of pyridine rings is 1. The summed E-state index contributed by atoms with van der Waals surface area (Å²) in [6.45, 7) is 5.96. The van der Waals surface area contributed by atoms with E-state index in [1.54, 1.807) is 20.8 Å². The van der Waals surface area contributed by atoms with Crippen LogP contribution in [0.5, 0.6) is 5.75 Å². The van der Waals surface area contributed by atoms with Crippen molar-refractivity contribution >= 4 is 6.09 Å². The van der Waals surface area contributed by atoms with Gasteiger partial charge in [-0.15, -0.1) is 0 Å². The molecule has 1 aliphatic rings. The monoisotopic (exact) mass is 253 g/mol. The summed E-state index contributed by atoms with van der Waals surface area (Å²) in [4.78, 5) is 16.9. The molecule has 0 spiro atoms. The van der Waals surface area contributed by atoms with Gasteiger partial charge in [-0.05, 0) is 32.4 Å². The maximum absolute atomic E-state index is 11.8. The molecule has 5 heteroatoms. The second-order valence-electron chi connectivity index (χ2n) is 5.30. The fourth-order valence-corrected chi connectivity index (χ4v) is 1.65. The Morgan fingerprint density at radius 2 is 2.22 bits per heavy atom. The molecule has 1 amide bonds. The lowest BCUT2D eigenvalue weighted by atomic mass is 9.93. The number of nitrogens with zero attached hydrogens (tertiary/aromatic N) is 2. The molecule has 5 nitrogen and oxygen atoms in total. The molecule has 1 saturated heterocycles. The Morgan fingerprint density at radius 1 is 1.56 bits per heavy atom. The number of aromatic nitrogens is 1. The van der Waals surface area contributed by atoms with Gasteiger partial charge in [-0.2, -0.15) is 0 Å². The summed E-state index contributed by atoms with van der Waals surface area (Å²) >= 11 is 0. The Kier molecular flexibility index (Phi) is 2.29. The van der Waals surface area contributed by atoms with Gasteiger partial charge in [-0.1, -0.05) is 0 Å². The van der Waals surface area contributed by atoms with E-state index in [1.165, 1.54) is 4.90 Å². The number of amides is 1. The van der Waals surface area contributed by atoms with Gasteiger partial charge in [-0.25, -0.2) is 4.79 Å². The lowest BCUT2D eigenvalue weighted by molar-refractivity contribution is 0.00816. The van der Waals surface area contributed by atoms with Gasteiger partial charge in [0.2, 0.25) is 0 Å². The molecule has 98 valence electrons. The highest BCUT2D eigenvalue weighted by Gasteiger charge is 2.34. The van der Waals surface area contributed by atoms with Crippen LogP contribution in [0.3, 0.4) is 0 Å². The average molecular weight is 253 g/mol. The standard InChI is InChI=1S/C13H18N2O3/c1-13(2,3)18-12(17)15-7-10(8-15)9-4-11(16)6-14-5-9/h4-6,10,16H,7-8H2,1-3H3/i4D,5D,6D. The quantitative estimate of drug-likeness (QED) is 0.832. The third-order valence-electron chi connectivity index (χ3n) is 2.53. The molecular weight excluding hydrogens is 232 g/mol.